The first-order chi connectivity index (χ1) is 11.8. The molecule has 1 aliphatic heterocycles. The lowest BCUT2D eigenvalue weighted by atomic mass is 9.99. The quantitative estimate of drug-likeness (QED) is 0.789. The molecule has 10 heteroatoms. The van der Waals surface area contributed by atoms with Crippen LogP contribution in [0.3, 0.4) is 0 Å². The van der Waals surface area contributed by atoms with E-state index in [9.17, 15) is 14.4 Å². The second-order valence-electron chi connectivity index (χ2n) is 5.46. The highest BCUT2D eigenvalue weighted by molar-refractivity contribution is 6.36. The molecule has 1 fully saturated rings. The molecule has 130 valence electrons. The van der Waals surface area contributed by atoms with Crippen LogP contribution in [-0.4, -0.2) is 34.3 Å². The van der Waals surface area contributed by atoms with Gasteiger partial charge in [-0.1, -0.05) is 23.2 Å². The molecule has 25 heavy (non-hydrogen) atoms. The smallest absolute Gasteiger partial charge is 0.325 e. The van der Waals surface area contributed by atoms with Crippen LogP contribution in [0.1, 0.15) is 12.7 Å². The van der Waals surface area contributed by atoms with Gasteiger partial charge in [-0.05, 0) is 25.1 Å². The Morgan fingerprint density at radius 2 is 2.20 bits per heavy atom. The Labute approximate surface area is 152 Å². The Morgan fingerprint density at radius 1 is 1.44 bits per heavy atom. The van der Waals surface area contributed by atoms with Gasteiger partial charge in [-0.25, -0.2) is 9.78 Å². The number of imide groups is 1. The van der Waals surface area contributed by atoms with Crippen LogP contribution in [0.25, 0.3) is 0 Å². The lowest BCUT2D eigenvalue weighted by Crippen LogP contribution is -2.41. The van der Waals surface area contributed by atoms with Gasteiger partial charge in [0.15, 0.2) is 11.4 Å². The van der Waals surface area contributed by atoms with Crippen LogP contribution in [0.5, 0.6) is 0 Å². The summed E-state index contributed by atoms with van der Waals surface area (Å²) in [7, 11) is 0. The van der Waals surface area contributed by atoms with Crippen LogP contribution in [0.15, 0.2) is 35.1 Å². The minimum absolute atomic E-state index is 0.0805. The average molecular weight is 383 g/mol. The molecule has 0 saturated carbocycles. The fourth-order valence-electron chi connectivity index (χ4n) is 2.39. The topological polar surface area (TPSA) is 105 Å². The van der Waals surface area contributed by atoms with Gasteiger partial charge < -0.3 is 15.1 Å². The standard InChI is InChI=1S/C15H12Cl2N4O4/c1-15(10-3-2-4-25-10)13(23)21(14(24)20-15)7-11(22)19-12-9(17)5-8(16)6-18-12/h2-6H,7H2,1H3,(H,20,24)(H,18,19,22). The van der Waals surface area contributed by atoms with Crippen LogP contribution in [0, 0.1) is 0 Å². The number of amides is 4. The molecular formula is C15H12Cl2N4O4. The summed E-state index contributed by atoms with van der Waals surface area (Å²) in [4.78, 5) is 41.5. The maximum atomic E-state index is 12.6. The molecule has 1 aliphatic rings. The second-order valence-corrected chi connectivity index (χ2v) is 6.30. The number of aromatic nitrogens is 1. The lowest BCUT2D eigenvalue weighted by Gasteiger charge is -2.18. The maximum absolute atomic E-state index is 12.6. The molecular weight excluding hydrogens is 371 g/mol. The van der Waals surface area contributed by atoms with Crippen molar-refractivity contribution in [2.75, 3.05) is 11.9 Å². The largest absolute Gasteiger partial charge is 0.466 e. The number of pyridine rings is 1. The van der Waals surface area contributed by atoms with Crippen LogP contribution in [0.4, 0.5) is 10.6 Å². The van der Waals surface area contributed by atoms with Crippen molar-refractivity contribution in [3.05, 3.63) is 46.5 Å². The number of nitrogens with one attached hydrogen (secondary N) is 2. The van der Waals surface area contributed by atoms with Crippen molar-refractivity contribution >= 4 is 46.9 Å². The second kappa shape index (κ2) is 6.38. The van der Waals surface area contributed by atoms with Gasteiger partial charge in [0.2, 0.25) is 5.91 Å². The molecule has 3 heterocycles. The number of carbonyl (C=O) groups excluding carboxylic acids is 3. The zero-order chi connectivity index (χ0) is 18.2. The van der Waals surface area contributed by atoms with E-state index in [1.165, 1.54) is 25.5 Å². The normalized spacial score (nSPS) is 19.9. The van der Waals surface area contributed by atoms with Crippen molar-refractivity contribution in [1.29, 1.82) is 0 Å². The molecule has 1 atom stereocenters. The SMILES string of the molecule is CC1(c2ccco2)NC(=O)N(CC(=O)Nc2ncc(Cl)cc2Cl)C1=O. The Morgan fingerprint density at radius 3 is 2.84 bits per heavy atom. The Bertz CT molecular complexity index is 855. The highest BCUT2D eigenvalue weighted by Gasteiger charge is 2.51. The number of anilines is 1. The van der Waals surface area contributed by atoms with Crippen molar-refractivity contribution in [1.82, 2.24) is 15.2 Å². The molecule has 0 aromatic carbocycles. The zero-order valence-corrected chi connectivity index (χ0v) is 14.4. The van der Waals surface area contributed by atoms with Gasteiger partial charge in [0.1, 0.15) is 12.3 Å². The van der Waals surface area contributed by atoms with E-state index in [0.29, 0.717) is 5.02 Å². The predicted molar refractivity (Wildman–Crippen MR) is 89.2 cm³/mol. The third-order valence-corrected chi connectivity index (χ3v) is 4.15. The number of hydrogen-bond acceptors (Lipinski definition) is 5. The molecule has 0 radical (unpaired) electrons. The number of halogens is 2. The molecule has 2 aromatic rings. The van der Waals surface area contributed by atoms with Crippen molar-refractivity contribution in [2.24, 2.45) is 0 Å². The fraction of sp³-hybridized carbons (Fsp3) is 0.200. The summed E-state index contributed by atoms with van der Waals surface area (Å²) in [5, 5.41) is 5.40. The molecule has 0 spiro atoms. The Kier molecular flexibility index (Phi) is 4.40. The van der Waals surface area contributed by atoms with E-state index < -0.39 is 29.9 Å². The predicted octanol–water partition coefficient (Wildman–Crippen LogP) is 2.39. The molecule has 3 rings (SSSR count). The lowest BCUT2D eigenvalue weighted by molar-refractivity contribution is -0.134. The van der Waals surface area contributed by atoms with E-state index in [4.69, 9.17) is 27.6 Å². The summed E-state index contributed by atoms with van der Waals surface area (Å²) >= 11 is 11.7. The average Bonchev–Trinajstić information content (AvgIpc) is 3.15. The third kappa shape index (κ3) is 3.18. The Balaban J connectivity index is 1.73. The number of hydrogen-bond donors (Lipinski definition) is 2. The monoisotopic (exact) mass is 382 g/mol. The van der Waals surface area contributed by atoms with Crippen LogP contribution >= 0.6 is 23.2 Å². The molecule has 2 N–H and O–H groups in total. The van der Waals surface area contributed by atoms with Gasteiger partial charge in [-0.3, -0.25) is 14.5 Å². The van der Waals surface area contributed by atoms with E-state index in [1.807, 2.05) is 0 Å². The fourth-order valence-corrected chi connectivity index (χ4v) is 2.82. The summed E-state index contributed by atoms with van der Waals surface area (Å²) in [6.45, 7) is 1.00. The highest BCUT2D eigenvalue weighted by Crippen LogP contribution is 2.29. The summed E-state index contributed by atoms with van der Waals surface area (Å²) in [5.41, 5.74) is -1.36. The number of carbonyl (C=O) groups is 3. The first kappa shape index (κ1) is 17.2. The summed E-state index contributed by atoms with van der Waals surface area (Å²) < 4.78 is 5.21. The molecule has 4 amide bonds. The van der Waals surface area contributed by atoms with Gasteiger partial charge >= 0.3 is 6.03 Å². The van der Waals surface area contributed by atoms with Crippen molar-refractivity contribution < 1.29 is 18.8 Å². The van der Waals surface area contributed by atoms with E-state index in [0.717, 1.165) is 4.90 Å². The Hall–Kier alpha value is -2.58. The van der Waals surface area contributed by atoms with Gasteiger partial charge in [0.05, 0.1) is 16.3 Å². The van der Waals surface area contributed by atoms with Gasteiger partial charge in [0.25, 0.3) is 5.91 Å². The first-order valence-corrected chi connectivity index (χ1v) is 7.86. The summed E-state index contributed by atoms with van der Waals surface area (Å²) in [5.74, 6) is -0.880. The molecule has 1 unspecified atom stereocenters. The van der Waals surface area contributed by atoms with Crippen LogP contribution in [0.2, 0.25) is 10.0 Å². The van der Waals surface area contributed by atoms with Gasteiger partial charge in [-0.2, -0.15) is 0 Å². The van der Waals surface area contributed by atoms with E-state index in [-0.39, 0.29) is 16.6 Å². The van der Waals surface area contributed by atoms with E-state index >= 15 is 0 Å². The van der Waals surface area contributed by atoms with E-state index in [1.54, 1.807) is 12.1 Å². The van der Waals surface area contributed by atoms with Crippen LogP contribution < -0.4 is 10.6 Å². The number of nitrogens with zero attached hydrogens (tertiary/aromatic N) is 2. The minimum Gasteiger partial charge on any atom is -0.466 e. The molecule has 2 aromatic heterocycles. The molecule has 8 nitrogen and oxygen atoms in total. The maximum Gasteiger partial charge on any atom is 0.325 e. The first-order valence-electron chi connectivity index (χ1n) is 7.10. The van der Waals surface area contributed by atoms with Gasteiger partial charge in [0, 0.05) is 6.20 Å². The van der Waals surface area contributed by atoms with Crippen molar-refractivity contribution in [3.8, 4) is 0 Å². The highest BCUT2D eigenvalue weighted by atomic mass is 35.5. The van der Waals surface area contributed by atoms with E-state index in [2.05, 4.69) is 15.6 Å². The van der Waals surface area contributed by atoms with Crippen LogP contribution in [-0.2, 0) is 15.1 Å². The molecule has 0 bridgehead atoms. The number of furan rings is 1. The van der Waals surface area contributed by atoms with Gasteiger partial charge in [-0.15, -0.1) is 0 Å². The number of urea groups is 1. The van der Waals surface area contributed by atoms with Crippen molar-refractivity contribution in [2.45, 2.75) is 12.5 Å². The molecule has 1 saturated heterocycles. The molecule has 0 aliphatic carbocycles. The summed E-state index contributed by atoms with van der Waals surface area (Å²) in [6.07, 6.45) is 2.70. The van der Waals surface area contributed by atoms with Crippen molar-refractivity contribution in [3.63, 3.8) is 0 Å². The summed E-state index contributed by atoms with van der Waals surface area (Å²) in [6, 6.07) is 3.88. The minimum atomic E-state index is -1.36. The number of rotatable bonds is 4. The zero-order valence-electron chi connectivity index (χ0n) is 12.9. The third-order valence-electron chi connectivity index (χ3n) is 3.66.